The normalized spacial score (nSPS) is 18.7. The number of hydrogen-bond acceptors (Lipinski definition) is 8. The van der Waals surface area contributed by atoms with Crippen LogP contribution >= 0.6 is 0 Å². The number of anilines is 1. The minimum atomic E-state index is -2.02. The van der Waals surface area contributed by atoms with E-state index < -0.39 is 47.5 Å². The molecule has 2 aromatic carbocycles. The highest BCUT2D eigenvalue weighted by Gasteiger charge is 2.61. The first-order chi connectivity index (χ1) is 15.8. The Bertz CT molecular complexity index is 1160. The molecule has 3 amide bonds. The average molecular weight is 452 g/mol. The quantitative estimate of drug-likeness (QED) is 0.393. The first-order valence-corrected chi connectivity index (χ1v) is 9.91. The van der Waals surface area contributed by atoms with Crippen LogP contribution in [-0.4, -0.2) is 62.4 Å². The fourth-order valence-electron chi connectivity index (χ4n) is 4.39. The first-order valence-electron chi connectivity index (χ1n) is 9.91. The predicted octanol–water partition coefficient (Wildman–Crippen LogP) is 1.14. The molecule has 1 atom stereocenters. The van der Waals surface area contributed by atoms with Crippen LogP contribution < -0.4 is 10.1 Å². The molecule has 0 fully saturated rings. The van der Waals surface area contributed by atoms with Gasteiger partial charge in [0.1, 0.15) is 11.2 Å². The molecule has 0 aliphatic carbocycles. The minimum Gasteiger partial charge on any atom is -0.497 e. The van der Waals surface area contributed by atoms with Gasteiger partial charge in [-0.2, -0.15) is 0 Å². The number of rotatable bonds is 6. The topological polar surface area (TPSA) is 128 Å². The molecule has 170 valence electrons. The van der Waals surface area contributed by atoms with Crippen molar-refractivity contribution in [1.82, 2.24) is 4.90 Å². The Hall–Kier alpha value is -4.21. The highest BCUT2D eigenvalue weighted by molar-refractivity contribution is 6.22. The van der Waals surface area contributed by atoms with Gasteiger partial charge in [0.15, 0.2) is 5.92 Å². The van der Waals surface area contributed by atoms with Crippen LogP contribution in [0, 0.1) is 5.92 Å². The number of imide groups is 1. The molecule has 2 heterocycles. The van der Waals surface area contributed by atoms with Crippen LogP contribution in [0.2, 0.25) is 0 Å². The SMILES string of the molecule is COC(=O)C(C(=O)OC)[C@@]1(CN2C(=O)c3ccccc3C2=O)C(=O)Nc2ccc(OC)cc21. The van der Waals surface area contributed by atoms with Gasteiger partial charge in [0.25, 0.3) is 11.8 Å². The molecule has 0 spiro atoms. The standard InChI is InChI=1S/C23H20N2O8/c1-31-12-8-9-16-15(10-12)23(22(30)24-16,17(20(28)32-2)21(29)33-3)11-25-18(26)13-6-4-5-7-14(13)19(25)27/h4-10,17H,11H2,1-3H3,(H,24,30)/t23-/m0/s1. The molecule has 0 saturated heterocycles. The van der Waals surface area contributed by atoms with E-state index in [1.807, 2.05) is 0 Å². The summed E-state index contributed by atoms with van der Waals surface area (Å²) in [4.78, 5) is 66.2. The van der Waals surface area contributed by atoms with E-state index in [0.717, 1.165) is 19.1 Å². The van der Waals surface area contributed by atoms with Crippen molar-refractivity contribution in [2.45, 2.75) is 5.41 Å². The number of methoxy groups -OCH3 is 3. The zero-order chi connectivity index (χ0) is 23.9. The van der Waals surface area contributed by atoms with Crippen molar-refractivity contribution < 1.29 is 38.2 Å². The van der Waals surface area contributed by atoms with Gasteiger partial charge in [0, 0.05) is 12.2 Å². The lowest BCUT2D eigenvalue weighted by Gasteiger charge is -2.35. The third-order valence-electron chi connectivity index (χ3n) is 6.01. The van der Waals surface area contributed by atoms with Gasteiger partial charge in [-0.25, -0.2) is 0 Å². The van der Waals surface area contributed by atoms with Gasteiger partial charge in [-0.15, -0.1) is 0 Å². The van der Waals surface area contributed by atoms with Crippen molar-refractivity contribution in [2.24, 2.45) is 5.92 Å². The van der Waals surface area contributed by atoms with E-state index in [0.29, 0.717) is 11.4 Å². The number of carbonyl (C=O) groups is 5. The second kappa shape index (κ2) is 8.05. The predicted molar refractivity (Wildman–Crippen MR) is 113 cm³/mol. The van der Waals surface area contributed by atoms with E-state index in [1.165, 1.54) is 25.3 Å². The average Bonchev–Trinajstić information content (AvgIpc) is 3.24. The third kappa shape index (κ3) is 3.13. The van der Waals surface area contributed by atoms with E-state index in [9.17, 15) is 24.0 Å². The van der Waals surface area contributed by atoms with Crippen LogP contribution in [0.15, 0.2) is 42.5 Å². The lowest BCUT2D eigenvalue weighted by molar-refractivity contribution is -0.165. The zero-order valence-corrected chi connectivity index (χ0v) is 18.0. The van der Waals surface area contributed by atoms with Gasteiger partial charge in [-0.1, -0.05) is 12.1 Å². The Kier molecular flexibility index (Phi) is 5.36. The fourth-order valence-corrected chi connectivity index (χ4v) is 4.39. The molecule has 10 nitrogen and oxygen atoms in total. The molecule has 10 heteroatoms. The molecule has 0 unspecified atom stereocenters. The molecule has 0 bridgehead atoms. The van der Waals surface area contributed by atoms with Crippen molar-refractivity contribution in [3.63, 3.8) is 0 Å². The second-order valence-corrected chi connectivity index (χ2v) is 7.56. The van der Waals surface area contributed by atoms with Crippen LogP contribution in [0.3, 0.4) is 0 Å². The maximum atomic E-state index is 13.5. The number of benzene rings is 2. The number of carbonyl (C=O) groups excluding carboxylic acids is 5. The monoisotopic (exact) mass is 452 g/mol. The Balaban J connectivity index is 1.94. The maximum Gasteiger partial charge on any atom is 0.321 e. The molecule has 4 rings (SSSR count). The summed E-state index contributed by atoms with van der Waals surface area (Å²) in [7, 11) is 3.54. The molecule has 2 aromatic rings. The summed E-state index contributed by atoms with van der Waals surface area (Å²) in [6.07, 6.45) is 0. The highest BCUT2D eigenvalue weighted by atomic mass is 16.5. The summed E-state index contributed by atoms with van der Waals surface area (Å²) < 4.78 is 14.9. The molecule has 0 aromatic heterocycles. The van der Waals surface area contributed by atoms with E-state index >= 15 is 0 Å². The lowest BCUT2D eigenvalue weighted by atomic mass is 9.70. The van der Waals surface area contributed by atoms with Crippen LogP contribution in [-0.2, 0) is 29.3 Å². The molecular weight excluding hydrogens is 432 g/mol. The summed E-state index contributed by atoms with van der Waals surface area (Å²) in [5.74, 6) is -5.62. The van der Waals surface area contributed by atoms with Crippen molar-refractivity contribution >= 4 is 35.3 Å². The van der Waals surface area contributed by atoms with Crippen molar-refractivity contribution in [1.29, 1.82) is 0 Å². The molecule has 1 N–H and O–H groups in total. The number of ether oxygens (including phenoxy) is 3. The zero-order valence-electron chi connectivity index (χ0n) is 18.0. The van der Waals surface area contributed by atoms with Gasteiger partial charge in [0.05, 0.1) is 32.5 Å². The number of nitrogens with one attached hydrogen (secondary N) is 1. The van der Waals surface area contributed by atoms with E-state index in [-0.39, 0.29) is 16.7 Å². The van der Waals surface area contributed by atoms with Crippen LogP contribution in [0.4, 0.5) is 5.69 Å². The summed E-state index contributed by atoms with van der Waals surface area (Å²) in [5, 5.41) is 2.64. The third-order valence-corrected chi connectivity index (χ3v) is 6.01. The van der Waals surface area contributed by atoms with Crippen molar-refractivity contribution in [3.8, 4) is 5.75 Å². The largest absolute Gasteiger partial charge is 0.497 e. The highest BCUT2D eigenvalue weighted by Crippen LogP contribution is 2.47. The number of fused-ring (bicyclic) bond motifs is 2. The van der Waals surface area contributed by atoms with Crippen LogP contribution in [0.1, 0.15) is 26.3 Å². The molecule has 33 heavy (non-hydrogen) atoms. The molecular formula is C23H20N2O8. The Morgan fingerprint density at radius 2 is 1.52 bits per heavy atom. The van der Waals surface area contributed by atoms with Gasteiger partial charge in [-0.05, 0) is 35.9 Å². The van der Waals surface area contributed by atoms with Crippen LogP contribution in [0.25, 0.3) is 0 Å². The molecule has 0 saturated carbocycles. The van der Waals surface area contributed by atoms with Gasteiger partial charge < -0.3 is 19.5 Å². The summed E-state index contributed by atoms with van der Waals surface area (Å²) in [6.45, 7) is -0.597. The van der Waals surface area contributed by atoms with Crippen LogP contribution in [0.5, 0.6) is 5.75 Å². The lowest BCUT2D eigenvalue weighted by Crippen LogP contribution is -2.57. The van der Waals surface area contributed by atoms with Gasteiger partial charge in [0.2, 0.25) is 5.91 Å². The summed E-state index contributed by atoms with van der Waals surface area (Å²) in [5.41, 5.74) is -1.19. The smallest absolute Gasteiger partial charge is 0.321 e. The molecule has 2 aliphatic rings. The van der Waals surface area contributed by atoms with Crippen molar-refractivity contribution in [3.05, 3.63) is 59.2 Å². The van der Waals surface area contributed by atoms with Crippen molar-refractivity contribution in [2.75, 3.05) is 33.2 Å². The number of amides is 3. The Labute approximate surface area is 188 Å². The first kappa shape index (κ1) is 22.0. The van der Waals surface area contributed by atoms with Gasteiger partial charge in [-0.3, -0.25) is 28.9 Å². The van der Waals surface area contributed by atoms with E-state index in [4.69, 9.17) is 14.2 Å². The Morgan fingerprint density at radius 3 is 2.03 bits per heavy atom. The Morgan fingerprint density at radius 1 is 0.939 bits per heavy atom. The fraction of sp³-hybridized carbons (Fsp3) is 0.261. The molecule has 0 radical (unpaired) electrons. The second-order valence-electron chi connectivity index (χ2n) is 7.56. The van der Waals surface area contributed by atoms with E-state index in [1.54, 1.807) is 24.3 Å². The molecule has 2 aliphatic heterocycles. The number of nitrogens with zero attached hydrogens (tertiary/aromatic N) is 1. The summed E-state index contributed by atoms with van der Waals surface area (Å²) >= 11 is 0. The number of esters is 2. The minimum absolute atomic E-state index is 0.162. The number of hydrogen-bond donors (Lipinski definition) is 1. The van der Waals surface area contributed by atoms with E-state index in [2.05, 4.69) is 5.32 Å². The maximum absolute atomic E-state index is 13.5. The summed E-state index contributed by atoms with van der Waals surface area (Å²) in [6, 6.07) is 10.8. The van der Waals surface area contributed by atoms with Gasteiger partial charge >= 0.3 is 11.9 Å².